The van der Waals surface area contributed by atoms with Crippen LogP contribution in [0.4, 0.5) is 5.82 Å². The van der Waals surface area contributed by atoms with E-state index in [1.54, 1.807) is 12.5 Å². The molecule has 1 aliphatic heterocycles. The van der Waals surface area contributed by atoms with Crippen LogP contribution in [0.15, 0.2) is 24.7 Å². The summed E-state index contributed by atoms with van der Waals surface area (Å²) in [4.78, 5) is 10.8. The first kappa shape index (κ1) is 12.1. The zero-order valence-electron chi connectivity index (χ0n) is 10.9. The van der Waals surface area contributed by atoms with Gasteiger partial charge < -0.3 is 9.64 Å². The van der Waals surface area contributed by atoms with Crippen LogP contribution in [0.5, 0.6) is 0 Å². The van der Waals surface area contributed by atoms with Crippen LogP contribution in [0, 0.1) is 0 Å². The fourth-order valence-corrected chi connectivity index (χ4v) is 2.27. The van der Waals surface area contributed by atoms with Crippen LogP contribution >= 0.6 is 0 Å². The van der Waals surface area contributed by atoms with E-state index in [2.05, 4.69) is 31.1 Å². The van der Waals surface area contributed by atoms with Crippen molar-refractivity contribution in [1.82, 2.24) is 20.2 Å². The van der Waals surface area contributed by atoms with Gasteiger partial charge in [-0.05, 0) is 12.5 Å². The molecule has 1 saturated heterocycles. The summed E-state index contributed by atoms with van der Waals surface area (Å²) in [7, 11) is 2.01. The van der Waals surface area contributed by atoms with Gasteiger partial charge in [-0.1, -0.05) is 0 Å². The van der Waals surface area contributed by atoms with Gasteiger partial charge in [0.2, 0.25) is 0 Å². The van der Waals surface area contributed by atoms with Gasteiger partial charge in [0.1, 0.15) is 12.1 Å². The van der Waals surface area contributed by atoms with Gasteiger partial charge in [-0.25, -0.2) is 9.97 Å². The van der Waals surface area contributed by atoms with Crippen LogP contribution in [0.3, 0.4) is 0 Å². The molecule has 2 aromatic heterocycles. The minimum absolute atomic E-state index is 0.405. The smallest absolute Gasteiger partial charge is 0.132 e. The van der Waals surface area contributed by atoms with Gasteiger partial charge in [0, 0.05) is 31.8 Å². The lowest BCUT2D eigenvalue weighted by Gasteiger charge is -2.18. The minimum atomic E-state index is 0.405. The Morgan fingerprint density at radius 1 is 1.47 bits per heavy atom. The highest BCUT2D eigenvalue weighted by molar-refractivity contribution is 5.39. The Balaban J connectivity index is 1.74. The van der Waals surface area contributed by atoms with Crippen molar-refractivity contribution < 1.29 is 4.74 Å². The van der Waals surface area contributed by atoms with Crippen molar-refractivity contribution in [3.8, 4) is 0 Å². The normalized spacial score (nSPS) is 18.7. The van der Waals surface area contributed by atoms with Crippen LogP contribution in [0.25, 0.3) is 0 Å². The third kappa shape index (κ3) is 2.73. The second kappa shape index (κ2) is 5.36. The predicted molar refractivity (Wildman–Crippen MR) is 70.9 cm³/mol. The molecule has 0 spiro atoms. The molecular weight excluding hydrogens is 242 g/mol. The molecule has 1 N–H and O–H groups in total. The summed E-state index contributed by atoms with van der Waals surface area (Å²) in [5, 5.41) is 6.90. The minimum Gasteiger partial charge on any atom is -0.381 e. The van der Waals surface area contributed by atoms with E-state index >= 15 is 0 Å². The topological polar surface area (TPSA) is 66.9 Å². The number of aromatic amines is 1. The van der Waals surface area contributed by atoms with Gasteiger partial charge in [-0.3, -0.25) is 5.10 Å². The van der Waals surface area contributed by atoms with Gasteiger partial charge in [-0.15, -0.1) is 0 Å². The lowest BCUT2D eigenvalue weighted by atomic mass is 10.0. The van der Waals surface area contributed by atoms with Crippen molar-refractivity contribution >= 4 is 5.82 Å². The highest BCUT2D eigenvalue weighted by atomic mass is 16.5. The summed E-state index contributed by atoms with van der Waals surface area (Å²) in [6.45, 7) is 2.34. The monoisotopic (exact) mass is 259 g/mol. The molecule has 0 bridgehead atoms. The fourth-order valence-electron chi connectivity index (χ4n) is 2.27. The number of nitrogens with zero attached hydrogens (tertiary/aromatic N) is 4. The molecular formula is C13H17N5O. The van der Waals surface area contributed by atoms with E-state index in [-0.39, 0.29) is 0 Å². The Morgan fingerprint density at radius 3 is 3.16 bits per heavy atom. The number of hydrogen-bond acceptors (Lipinski definition) is 5. The van der Waals surface area contributed by atoms with Crippen LogP contribution in [-0.4, -0.2) is 40.4 Å². The molecule has 1 unspecified atom stereocenters. The molecule has 19 heavy (non-hydrogen) atoms. The molecule has 2 aromatic rings. The molecule has 3 rings (SSSR count). The maximum Gasteiger partial charge on any atom is 0.132 e. The molecule has 6 nitrogen and oxygen atoms in total. The number of ether oxygens (including phenoxy) is 1. The lowest BCUT2D eigenvalue weighted by molar-refractivity contribution is 0.193. The van der Waals surface area contributed by atoms with E-state index < -0.39 is 0 Å². The quantitative estimate of drug-likeness (QED) is 0.897. The van der Waals surface area contributed by atoms with Crippen LogP contribution in [0.1, 0.15) is 23.7 Å². The summed E-state index contributed by atoms with van der Waals surface area (Å²) >= 11 is 0. The largest absolute Gasteiger partial charge is 0.381 e. The second-order valence-corrected chi connectivity index (χ2v) is 4.80. The summed E-state index contributed by atoms with van der Waals surface area (Å²) in [5.74, 6) is 1.33. The zero-order chi connectivity index (χ0) is 13.1. The highest BCUT2D eigenvalue weighted by Gasteiger charge is 2.20. The molecule has 0 saturated carbocycles. The highest BCUT2D eigenvalue weighted by Crippen LogP contribution is 2.25. The third-order valence-electron chi connectivity index (χ3n) is 3.38. The molecule has 6 heteroatoms. The SMILES string of the molecule is CN(Cc1ccn[nH]1)c1cc(C2CCOC2)ncn1. The maximum absolute atomic E-state index is 5.41. The van der Waals surface area contributed by atoms with Gasteiger partial charge in [0.15, 0.2) is 0 Å². The third-order valence-corrected chi connectivity index (χ3v) is 3.38. The standard InChI is InChI=1S/C13H17N5O/c1-18(7-11-2-4-16-17-11)13-6-12(14-9-15-13)10-3-5-19-8-10/h2,4,6,9-10H,3,5,7-8H2,1H3,(H,16,17). The summed E-state index contributed by atoms with van der Waals surface area (Å²) in [6.07, 6.45) is 4.43. The van der Waals surface area contributed by atoms with E-state index in [0.717, 1.165) is 43.4 Å². The van der Waals surface area contributed by atoms with Crippen molar-refractivity contribution in [1.29, 1.82) is 0 Å². The Labute approximate surface area is 111 Å². The van der Waals surface area contributed by atoms with Gasteiger partial charge in [0.25, 0.3) is 0 Å². The van der Waals surface area contributed by atoms with Crippen LogP contribution in [0.2, 0.25) is 0 Å². The molecule has 100 valence electrons. The average Bonchev–Trinajstić information content (AvgIpc) is 3.12. The van der Waals surface area contributed by atoms with Gasteiger partial charge in [0.05, 0.1) is 24.5 Å². The van der Waals surface area contributed by atoms with Gasteiger partial charge >= 0.3 is 0 Å². The Hall–Kier alpha value is -1.95. The number of rotatable bonds is 4. The van der Waals surface area contributed by atoms with Crippen molar-refractivity contribution in [2.24, 2.45) is 0 Å². The Kier molecular flexibility index (Phi) is 3.41. The van der Waals surface area contributed by atoms with Crippen LogP contribution in [-0.2, 0) is 11.3 Å². The number of aromatic nitrogens is 4. The van der Waals surface area contributed by atoms with Gasteiger partial charge in [-0.2, -0.15) is 5.10 Å². The van der Waals surface area contributed by atoms with E-state index in [9.17, 15) is 0 Å². The maximum atomic E-state index is 5.41. The first-order valence-corrected chi connectivity index (χ1v) is 6.42. The first-order chi connectivity index (χ1) is 9.33. The Bertz CT molecular complexity index is 522. The Morgan fingerprint density at radius 2 is 2.42 bits per heavy atom. The zero-order valence-corrected chi connectivity index (χ0v) is 10.9. The fraction of sp³-hybridized carbons (Fsp3) is 0.462. The molecule has 1 atom stereocenters. The van der Waals surface area contributed by atoms with E-state index in [1.807, 2.05) is 13.1 Å². The number of H-pyrrole nitrogens is 1. The summed E-state index contributed by atoms with van der Waals surface area (Å²) in [6, 6.07) is 4.01. The van der Waals surface area contributed by atoms with Crippen molar-refractivity contribution in [3.63, 3.8) is 0 Å². The second-order valence-electron chi connectivity index (χ2n) is 4.80. The molecule has 1 fully saturated rings. The van der Waals surface area contributed by atoms with Crippen molar-refractivity contribution in [2.45, 2.75) is 18.9 Å². The lowest BCUT2D eigenvalue weighted by Crippen LogP contribution is -2.18. The number of hydrogen-bond donors (Lipinski definition) is 1. The summed E-state index contributed by atoms with van der Waals surface area (Å²) < 4.78 is 5.41. The van der Waals surface area contributed by atoms with E-state index in [4.69, 9.17) is 4.74 Å². The van der Waals surface area contributed by atoms with Crippen molar-refractivity contribution in [2.75, 3.05) is 25.2 Å². The molecule has 0 amide bonds. The van der Waals surface area contributed by atoms with E-state index in [1.165, 1.54) is 0 Å². The number of anilines is 1. The number of nitrogens with one attached hydrogen (secondary N) is 1. The average molecular weight is 259 g/mol. The first-order valence-electron chi connectivity index (χ1n) is 6.42. The van der Waals surface area contributed by atoms with Crippen LogP contribution < -0.4 is 4.90 Å². The van der Waals surface area contributed by atoms with Crippen molar-refractivity contribution in [3.05, 3.63) is 36.0 Å². The summed E-state index contributed by atoms with van der Waals surface area (Å²) in [5.41, 5.74) is 2.13. The molecule has 0 aliphatic carbocycles. The molecule has 3 heterocycles. The molecule has 1 aliphatic rings. The van der Waals surface area contributed by atoms with E-state index in [0.29, 0.717) is 5.92 Å². The molecule has 0 aromatic carbocycles. The predicted octanol–water partition coefficient (Wildman–Crippen LogP) is 1.34. The molecule has 0 radical (unpaired) electrons.